The summed E-state index contributed by atoms with van der Waals surface area (Å²) in [5.74, 6) is -0.263. The van der Waals surface area contributed by atoms with Gasteiger partial charge >= 0.3 is 0 Å². The first kappa shape index (κ1) is 13.9. The fourth-order valence-electron chi connectivity index (χ4n) is 2.24. The lowest BCUT2D eigenvalue weighted by Crippen LogP contribution is -2.12. The highest BCUT2D eigenvalue weighted by Gasteiger charge is 2.21. The summed E-state index contributed by atoms with van der Waals surface area (Å²) in [6.07, 6.45) is 0. The molecule has 7 heteroatoms. The Hall–Kier alpha value is -2.05. The van der Waals surface area contributed by atoms with Gasteiger partial charge in [0.1, 0.15) is 9.71 Å². The number of aromatic nitrogens is 2. The molecule has 2 heterocycles. The molecular weight excluding hydrogens is 308 g/mol. The summed E-state index contributed by atoms with van der Waals surface area (Å²) >= 11 is 7.37. The number of carbonyl (C=O) groups excluding carboxylic acids is 1. The Balaban J connectivity index is 2.01. The van der Waals surface area contributed by atoms with Crippen molar-refractivity contribution in [3.8, 4) is 0 Å². The first-order chi connectivity index (χ1) is 9.99. The fraction of sp³-hybridized carbons (Fsp3) is 0.143. The second-order valence-corrected chi connectivity index (χ2v) is 6.07. The molecule has 1 aromatic carbocycles. The number of nitrogens with one attached hydrogen (secondary N) is 1. The van der Waals surface area contributed by atoms with Crippen molar-refractivity contribution in [1.82, 2.24) is 9.78 Å². The van der Waals surface area contributed by atoms with Crippen LogP contribution in [0.5, 0.6) is 0 Å². The van der Waals surface area contributed by atoms with Crippen LogP contribution in [0.3, 0.4) is 0 Å². The molecule has 5 nitrogen and oxygen atoms in total. The molecule has 0 radical (unpaired) electrons. The Kier molecular flexibility index (Phi) is 3.35. The number of amides is 1. The smallest absolute Gasteiger partial charge is 0.267 e. The van der Waals surface area contributed by atoms with Gasteiger partial charge in [-0.1, -0.05) is 23.7 Å². The van der Waals surface area contributed by atoms with E-state index in [1.54, 1.807) is 22.9 Å². The number of rotatable bonds is 2. The number of para-hydroxylation sites is 1. The van der Waals surface area contributed by atoms with E-state index >= 15 is 0 Å². The van der Waals surface area contributed by atoms with E-state index < -0.39 is 0 Å². The summed E-state index contributed by atoms with van der Waals surface area (Å²) in [5, 5.41) is 8.42. The summed E-state index contributed by atoms with van der Waals surface area (Å²) in [6, 6.07) is 7.08. The van der Waals surface area contributed by atoms with E-state index in [0.717, 1.165) is 15.9 Å². The molecule has 0 aliphatic rings. The summed E-state index contributed by atoms with van der Waals surface area (Å²) in [4.78, 5) is 13.8. The highest BCUT2D eigenvalue weighted by Crippen LogP contribution is 2.36. The van der Waals surface area contributed by atoms with Crippen molar-refractivity contribution in [2.45, 2.75) is 6.92 Å². The third kappa shape index (κ3) is 2.26. The van der Waals surface area contributed by atoms with Crippen LogP contribution in [-0.2, 0) is 7.05 Å². The van der Waals surface area contributed by atoms with E-state index in [1.807, 2.05) is 20.0 Å². The third-order valence-corrected chi connectivity index (χ3v) is 4.81. The molecule has 0 unspecified atom stereocenters. The molecule has 3 N–H and O–H groups in total. The van der Waals surface area contributed by atoms with Gasteiger partial charge in [0.15, 0.2) is 0 Å². The van der Waals surface area contributed by atoms with E-state index in [1.165, 1.54) is 11.3 Å². The standard InChI is InChI=1S/C14H13ClN4OS/c1-7-10-11(16)12(21-14(10)19(2)18-7)13(20)17-9-6-4-3-5-8(9)15/h3-6H,16H2,1-2H3,(H,17,20). The van der Waals surface area contributed by atoms with E-state index in [9.17, 15) is 4.79 Å². The van der Waals surface area contributed by atoms with Crippen molar-refractivity contribution >= 4 is 50.4 Å². The van der Waals surface area contributed by atoms with Crippen molar-refractivity contribution < 1.29 is 4.79 Å². The number of carbonyl (C=O) groups is 1. The second-order valence-electron chi connectivity index (χ2n) is 4.67. The molecule has 0 saturated carbocycles. The minimum absolute atomic E-state index is 0.263. The van der Waals surface area contributed by atoms with Gasteiger partial charge < -0.3 is 11.1 Å². The molecule has 0 saturated heterocycles. The number of fused-ring (bicyclic) bond motifs is 1. The van der Waals surface area contributed by atoms with Gasteiger partial charge in [0.25, 0.3) is 5.91 Å². The number of thiophene rings is 1. The number of nitrogens with zero attached hydrogens (tertiary/aromatic N) is 2. The van der Waals surface area contributed by atoms with Crippen LogP contribution in [0.2, 0.25) is 5.02 Å². The molecule has 2 aromatic heterocycles. The predicted molar refractivity (Wildman–Crippen MR) is 87.1 cm³/mol. The Morgan fingerprint density at radius 2 is 2.14 bits per heavy atom. The van der Waals surface area contributed by atoms with E-state index in [-0.39, 0.29) is 5.91 Å². The maximum absolute atomic E-state index is 12.4. The Bertz CT molecular complexity index is 852. The maximum Gasteiger partial charge on any atom is 0.267 e. The summed E-state index contributed by atoms with van der Waals surface area (Å²) in [6.45, 7) is 1.88. The highest BCUT2D eigenvalue weighted by atomic mass is 35.5. The lowest BCUT2D eigenvalue weighted by atomic mass is 10.2. The Morgan fingerprint density at radius 3 is 2.81 bits per heavy atom. The zero-order valence-corrected chi connectivity index (χ0v) is 13.0. The summed E-state index contributed by atoms with van der Waals surface area (Å²) in [5.41, 5.74) is 7.96. The minimum Gasteiger partial charge on any atom is -0.397 e. The van der Waals surface area contributed by atoms with Crippen LogP contribution in [0.1, 0.15) is 15.4 Å². The van der Waals surface area contributed by atoms with Crippen molar-refractivity contribution in [3.05, 3.63) is 39.9 Å². The van der Waals surface area contributed by atoms with Crippen LogP contribution in [-0.4, -0.2) is 15.7 Å². The van der Waals surface area contributed by atoms with E-state index in [2.05, 4.69) is 10.4 Å². The number of benzene rings is 1. The van der Waals surface area contributed by atoms with Crippen LogP contribution >= 0.6 is 22.9 Å². The normalized spacial score (nSPS) is 11.0. The largest absolute Gasteiger partial charge is 0.397 e. The van der Waals surface area contributed by atoms with Gasteiger partial charge in [-0.3, -0.25) is 9.48 Å². The second kappa shape index (κ2) is 5.05. The van der Waals surface area contributed by atoms with Gasteiger partial charge in [-0.05, 0) is 19.1 Å². The van der Waals surface area contributed by atoms with Crippen molar-refractivity contribution in [1.29, 1.82) is 0 Å². The van der Waals surface area contributed by atoms with Gasteiger partial charge in [-0.15, -0.1) is 11.3 Å². The first-order valence-corrected chi connectivity index (χ1v) is 7.46. The average Bonchev–Trinajstić information content (AvgIpc) is 2.92. The highest BCUT2D eigenvalue weighted by molar-refractivity contribution is 7.21. The van der Waals surface area contributed by atoms with Crippen molar-refractivity contribution in [2.24, 2.45) is 7.05 Å². The molecule has 1 amide bonds. The molecule has 21 heavy (non-hydrogen) atoms. The number of halogens is 1. The number of hydrogen-bond donors (Lipinski definition) is 2. The van der Waals surface area contributed by atoms with Crippen LogP contribution in [0.15, 0.2) is 24.3 Å². The molecule has 0 atom stereocenters. The Morgan fingerprint density at radius 1 is 1.43 bits per heavy atom. The maximum atomic E-state index is 12.4. The number of aryl methyl sites for hydroxylation is 2. The molecule has 0 fully saturated rings. The monoisotopic (exact) mass is 320 g/mol. The SMILES string of the molecule is Cc1nn(C)c2sc(C(=O)Nc3ccccc3Cl)c(N)c12. The molecule has 0 spiro atoms. The number of nitrogens with two attached hydrogens (primary N) is 1. The zero-order chi connectivity index (χ0) is 15.1. The van der Waals surface area contributed by atoms with Crippen molar-refractivity contribution in [3.63, 3.8) is 0 Å². The van der Waals surface area contributed by atoms with Gasteiger partial charge in [-0.2, -0.15) is 5.10 Å². The van der Waals surface area contributed by atoms with Crippen LogP contribution in [0.4, 0.5) is 11.4 Å². The van der Waals surface area contributed by atoms with Crippen LogP contribution < -0.4 is 11.1 Å². The molecule has 3 rings (SSSR count). The minimum atomic E-state index is -0.263. The fourth-order valence-corrected chi connectivity index (χ4v) is 3.50. The van der Waals surface area contributed by atoms with Gasteiger partial charge in [0, 0.05) is 7.05 Å². The molecule has 0 aliphatic carbocycles. The van der Waals surface area contributed by atoms with Crippen LogP contribution in [0.25, 0.3) is 10.2 Å². The molecular formula is C14H13ClN4OS. The predicted octanol–water partition coefficient (Wildman–Crippen LogP) is 3.43. The van der Waals surface area contributed by atoms with Gasteiger partial charge in [0.05, 0.1) is 27.5 Å². The number of anilines is 2. The van der Waals surface area contributed by atoms with E-state index in [4.69, 9.17) is 17.3 Å². The van der Waals surface area contributed by atoms with E-state index in [0.29, 0.717) is 21.3 Å². The summed E-state index contributed by atoms with van der Waals surface area (Å²) in [7, 11) is 1.83. The van der Waals surface area contributed by atoms with Crippen LogP contribution in [0, 0.1) is 6.92 Å². The molecule has 0 bridgehead atoms. The number of hydrogen-bond acceptors (Lipinski definition) is 4. The molecule has 108 valence electrons. The number of nitrogen functional groups attached to an aromatic ring is 1. The molecule has 3 aromatic rings. The average molecular weight is 321 g/mol. The topological polar surface area (TPSA) is 72.9 Å². The Labute approximate surface area is 130 Å². The quantitative estimate of drug-likeness (QED) is 0.759. The zero-order valence-electron chi connectivity index (χ0n) is 11.5. The van der Waals surface area contributed by atoms with Gasteiger partial charge in [-0.25, -0.2) is 0 Å². The lowest BCUT2D eigenvalue weighted by molar-refractivity contribution is 0.103. The van der Waals surface area contributed by atoms with Gasteiger partial charge in [0.2, 0.25) is 0 Å². The first-order valence-electron chi connectivity index (χ1n) is 6.26. The molecule has 0 aliphatic heterocycles. The summed E-state index contributed by atoms with van der Waals surface area (Å²) < 4.78 is 1.73. The lowest BCUT2D eigenvalue weighted by Gasteiger charge is -2.06. The van der Waals surface area contributed by atoms with Crippen molar-refractivity contribution in [2.75, 3.05) is 11.1 Å². The third-order valence-electron chi connectivity index (χ3n) is 3.21.